The summed E-state index contributed by atoms with van der Waals surface area (Å²) >= 11 is 0. The van der Waals surface area contributed by atoms with E-state index in [1.165, 1.54) is 19.2 Å². The number of nitrogens with zero attached hydrogens (tertiary/aromatic N) is 1. The maximum Gasteiger partial charge on any atom is 0.258 e. The van der Waals surface area contributed by atoms with Gasteiger partial charge in [0.15, 0.2) is 6.79 Å². The maximum absolute atomic E-state index is 13.1. The van der Waals surface area contributed by atoms with Gasteiger partial charge in [0, 0.05) is 13.2 Å². The Bertz CT molecular complexity index is 422. The van der Waals surface area contributed by atoms with E-state index >= 15 is 0 Å². The standard InChI is InChI=1S/C11H12FNO3/c1-7-9-4-3-8(12)5-10(9)13(11(7)14)16-6-15-2/h3-5,7H,6H2,1-2H3. The van der Waals surface area contributed by atoms with Crippen molar-refractivity contribution in [2.45, 2.75) is 12.8 Å². The zero-order valence-electron chi connectivity index (χ0n) is 9.07. The van der Waals surface area contributed by atoms with Crippen LogP contribution in [0, 0.1) is 5.82 Å². The van der Waals surface area contributed by atoms with E-state index in [1.807, 2.05) is 0 Å². The van der Waals surface area contributed by atoms with E-state index in [0.29, 0.717) is 5.69 Å². The Labute approximate surface area is 92.5 Å². The van der Waals surface area contributed by atoms with Gasteiger partial charge in [-0.1, -0.05) is 6.07 Å². The SMILES string of the molecule is COCON1C(=O)C(C)c2ccc(F)cc21. The first-order valence-electron chi connectivity index (χ1n) is 4.90. The smallest absolute Gasteiger partial charge is 0.258 e. The second-order valence-corrected chi connectivity index (χ2v) is 3.59. The fourth-order valence-electron chi connectivity index (χ4n) is 1.73. The zero-order valence-corrected chi connectivity index (χ0v) is 9.07. The van der Waals surface area contributed by atoms with E-state index in [-0.39, 0.29) is 18.6 Å². The van der Waals surface area contributed by atoms with E-state index < -0.39 is 5.82 Å². The number of methoxy groups -OCH3 is 1. The highest BCUT2D eigenvalue weighted by Gasteiger charge is 2.35. The average Bonchev–Trinajstić information content (AvgIpc) is 2.50. The van der Waals surface area contributed by atoms with Gasteiger partial charge < -0.3 is 4.74 Å². The van der Waals surface area contributed by atoms with Crippen LogP contribution in [0.5, 0.6) is 0 Å². The lowest BCUT2D eigenvalue weighted by atomic mass is 10.0. The third-order valence-corrected chi connectivity index (χ3v) is 2.55. The number of ether oxygens (including phenoxy) is 1. The van der Waals surface area contributed by atoms with Crippen LogP contribution in [0.1, 0.15) is 18.4 Å². The third-order valence-electron chi connectivity index (χ3n) is 2.55. The summed E-state index contributed by atoms with van der Waals surface area (Å²) in [6.45, 7) is 1.71. The summed E-state index contributed by atoms with van der Waals surface area (Å²) in [6, 6.07) is 4.22. The topological polar surface area (TPSA) is 38.8 Å². The van der Waals surface area contributed by atoms with Gasteiger partial charge >= 0.3 is 0 Å². The molecule has 5 heteroatoms. The Kier molecular flexibility index (Phi) is 2.89. The van der Waals surface area contributed by atoms with Gasteiger partial charge in [-0.2, -0.15) is 5.06 Å². The minimum Gasteiger partial charge on any atom is -0.356 e. The van der Waals surface area contributed by atoms with Crippen molar-refractivity contribution < 1.29 is 18.8 Å². The van der Waals surface area contributed by atoms with Crippen LogP contribution in [-0.4, -0.2) is 19.8 Å². The number of anilines is 1. The molecular formula is C11H12FNO3. The quantitative estimate of drug-likeness (QED) is 0.736. The number of hydrogen-bond acceptors (Lipinski definition) is 3. The van der Waals surface area contributed by atoms with E-state index in [0.717, 1.165) is 10.6 Å². The lowest BCUT2D eigenvalue weighted by Gasteiger charge is -2.16. The van der Waals surface area contributed by atoms with Gasteiger partial charge in [0.2, 0.25) is 0 Å². The molecule has 1 heterocycles. The molecule has 1 atom stereocenters. The number of carbonyl (C=O) groups excluding carboxylic acids is 1. The second kappa shape index (κ2) is 4.19. The summed E-state index contributed by atoms with van der Waals surface area (Å²) in [5.41, 5.74) is 1.22. The first-order valence-corrected chi connectivity index (χ1v) is 4.90. The minimum atomic E-state index is -0.397. The third kappa shape index (κ3) is 1.68. The molecule has 0 fully saturated rings. The number of benzene rings is 1. The second-order valence-electron chi connectivity index (χ2n) is 3.59. The fourth-order valence-corrected chi connectivity index (χ4v) is 1.73. The van der Waals surface area contributed by atoms with Crippen molar-refractivity contribution in [3.05, 3.63) is 29.6 Å². The molecule has 86 valence electrons. The van der Waals surface area contributed by atoms with Gasteiger partial charge in [-0.25, -0.2) is 9.23 Å². The van der Waals surface area contributed by atoms with Crippen molar-refractivity contribution in [3.63, 3.8) is 0 Å². The van der Waals surface area contributed by atoms with Gasteiger partial charge in [0.25, 0.3) is 5.91 Å². The highest BCUT2D eigenvalue weighted by atomic mass is 19.1. The molecule has 0 aliphatic carbocycles. The van der Waals surface area contributed by atoms with Crippen LogP contribution in [-0.2, 0) is 14.4 Å². The van der Waals surface area contributed by atoms with Crippen LogP contribution in [0.2, 0.25) is 0 Å². The summed E-state index contributed by atoms with van der Waals surface area (Å²) in [7, 11) is 1.45. The molecule has 1 aliphatic heterocycles. The van der Waals surface area contributed by atoms with Crippen LogP contribution in [0.3, 0.4) is 0 Å². The Morgan fingerprint density at radius 3 is 2.94 bits per heavy atom. The van der Waals surface area contributed by atoms with E-state index in [4.69, 9.17) is 9.57 Å². The number of carbonyl (C=O) groups is 1. The van der Waals surface area contributed by atoms with Crippen molar-refractivity contribution in [3.8, 4) is 0 Å². The lowest BCUT2D eigenvalue weighted by molar-refractivity contribution is -0.131. The zero-order chi connectivity index (χ0) is 11.7. The highest BCUT2D eigenvalue weighted by Crippen LogP contribution is 2.37. The van der Waals surface area contributed by atoms with Crippen LogP contribution in [0.25, 0.3) is 0 Å². The Balaban J connectivity index is 2.35. The van der Waals surface area contributed by atoms with Crippen LogP contribution < -0.4 is 5.06 Å². The first kappa shape index (κ1) is 11.0. The minimum absolute atomic E-state index is 0.0472. The lowest BCUT2D eigenvalue weighted by Crippen LogP contribution is -2.29. The molecule has 0 saturated heterocycles. The van der Waals surface area contributed by atoms with Crippen LogP contribution >= 0.6 is 0 Å². The maximum atomic E-state index is 13.1. The largest absolute Gasteiger partial charge is 0.356 e. The highest BCUT2D eigenvalue weighted by molar-refractivity contribution is 6.03. The van der Waals surface area contributed by atoms with Gasteiger partial charge in [0.05, 0.1) is 11.6 Å². The average molecular weight is 225 g/mol. The molecule has 0 radical (unpaired) electrons. The number of halogens is 1. The Hall–Kier alpha value is -1.46. The predicted molar refractivity (Wildman–Crippen MR) is 55.3 cm³/mol. The number of hydroxylamine groups is 1. The Morgan fingerprint density at radius 1 is 1.50 bits per heavy atom. The molecule has 1 aromatic rings. The summed E-state index contributed by atoms with van der Waals surface area (Å²) in [5.74, 6) is -0.920. The Morgan fingerprint density at radius 2 is 2.25 bits per heavy atom. The molecule has 1 unspecified atom stereocenters. The molecule has 1 aliphatic rings. The molecule has 2 rings (SSSR count). The van der Waals surface area contributed by atoms with E-state index in [9.17, 15) is 9.18 Å². The molecule has 0 spiro atoms. The number of amides is 1. The summed E-state index contributed by atoms with van der Waals surface area (Å²) in [5, 5.41) is 1.09. The molecule has 0 bridgehead atoms. The van der Waals surface area contributed by atoms with Crippen molar-refractivity contribution >= 4 is 11.6 Å². The first-order chi connectivity index (χ1) is 7.65. The molecule has 4 nitrogen and oxygen atoms in total. The number of fused-ring (bicyclic) bond motifs is 1. The molecular weight excluding hydrogens is 213 g/mol. The molecule has 1 amide bonds. The van der Waals surface area contributed by atoms with Gasteiger partial charge in [-0.15, -0.1) is 0 Å². The molecule has 1 aromatic carbocycles. The van der Waals surface area contributed by atoms with Crippen LogP contribution in [0.4, 0.5) is 10.1 Å². The van der Waals surface area contributed by atoms with Crippen molar-refractivity contribution in [2.75, 3.05) is 19.0 Å². The van der Waals surface area contributed by atoms with Gasteiger partial charge in [0.1, 0.15) is 5.82 Å². The predicted octanol–water partition coefficient (Wildman–Crippen LogP) is 1.81. The molecule has 0 N–H and O–H groups in total. The van der Waals surface area contributed by atoms with E-state index in [1.54, 1.807) is 13.0 Å². The summed E-state index contributed by atoms with van der Waals surface area (Å²) < 4.78 is 17.8. The van der Waals surface area contributed by atoms with Crippen molar-refractivity contribution in [2.24, 2.45) is 0 Å². The molecule has 0 aromatic heterocycles. The molecule has 16 heavy (non-hydrogen) atoms. The number of hydrogen-bond donors (Lipinski definition) is 0. The normalized spacial score (nSPS) is 19.1. The van der Waals surface area contributed by atoms with E-state index in [2.05, 4.69) is 0 Å². The van der Waals surface area contributed by atoms with Crippen molar-refractivity contribution in [1.29, 1.82) is 0 Å². The monoisotopic (exact) mass is 225 g/mol. The van der Waals surface area contributed by atoms with Crippen molar-refractivity contribution in [1.82, 2.24) is 0 Å². The number of rotatable bonds is 3. The summed E-state index contributed by atoms with van der Waals surface area (Å²) in [6.07, 6.45) is 0. The van der Waals surface area contributed by atoms with Crippen LogP contribution in [0.15, 0.2) is 18.2 Å². The fraction of sp³-hybridized carbons (Fsp3) is 0.364. The summed E-state index contributed by atoms with van der Waals surface area (Å²) in [4.78, 5) is 16.9. The van der Waals surface area contributed by atoms with Gasteiger partial charge in [-0.3, -0.25) is 4.79 Å². The molecule has 0 saturated carbocycles. The van der Waals surface area contributed by atoms with Gasteiger partial charge in [-0.05, 0) is 18.6 Å².